The number of amides is 1. The van der Waals surface area contributed by atoms with Gasteiger partial charge in [0.2, 0.25) is 5.91 Å². The molecule has 1 unspecified atom stereocenters. The molecule has 2 N–H and O–H groups in total. The van der Waals surface area contributed by atoms with Gasteiger partial charge in [0.25, 0.3) is 0 Å². The predicted molar refractivity (Wildman–Crippen MR) is 140 cm³/mol. The summed E-state index contributed by atoms with van der Waals surface area (Å²) < 4.78 is 47.0. The first-order valence-electron chi connectivity index (χ1n) is 12.2. The molecule has 1 aromatic heterocycles. The number of nitrogens with zero attached hydrogens (tertiary/aromatic N) is 1. The molecule has 36 heavy (non-hydrogen) atoms. The monoisotopic (exact) mass is 558 g/mol. The molecular formula is C24H35N2O7PS2. The van der Waals surface area contributed by atoms with Gasteiger partial charge in [0.1, 0.15) is 0 Å². The van der Waals surface area contributed by atoms with Crippen LogP contribution >= 0.6 is 18.9 Å². The van der Waals surface area contributed by atoms with Crippen molar-refractivity contribution < 1.29 is 31.9 Å². The second kappa shape index (κ2) is 12.8. The maximum atomic E-state index is 13.4. The summed E-state index contributed by atoms with van der Waals surface area (Å²) in [7, 11) is -7.17. The molecule has 0 radical (unpaired) electrons. The van der Waals surface area contributed by atoms with E-state index in [0.717, 1.165) is 42.4 Å². The second-order valence-electron chi connectivity index (χ2n) is 8.94. The number of benzene rings is 1. The number of aromatic nitrogens is 1. The molecule has 12 heteroatoms. The van der Waals surface area contributed by atoms with Crippen LogP contribution in [0.3, 0.4) is 0 Å². The molecule has 1 fully saturated rings. The minimum Gasteiger partial charge on any atom is -0.375 e. The van der Waals surface area contributed by atoms with Crippen molar-refractivity contribution in [3.05, 3.63) is 40.9 Å². The molecule has 1 aliphatic carbocycles. The Morgan fingerprint density at radius 1 is 1.19 bits per heavy atom. The quantitative estimate of drug-likeness (QED) is 0.308. The van der Waals surface area contributed by atoms with E-state index in [9.17, 15) is 22.9 Å². The Kier molecular flexibility index (Phi) is 10.3. The summed E-state index contributed by atoms with van der Waals surface area (Å²) >= 11 is 1.11. The number of nitrogens with one attached hydrogen (secondary N) is 1. The van der Waals surface area contributed by atoms with E-state index in [1.165, 1.54) is 30.4 Å². The Bertz CT molecular complexity index is 1150. The lowest BCUT2D eigenvalue weighted by Gasteiger charge is -2.21. The van der Waals surface area contributed by atoms with E-state index in [1.54, 1.807) is 26.0 Å². The van der Waals surface area contributed by atoms with Crippen molar-refractivity contribution in [1.29, 1.82) is 0 Å². The molecule has 1 saturated carbocycles. The van der Waals surface area contributed by atoms with E-state index in [1.807, 2.05) is 0 Å². The molecule has 9 nitrogen and oxygen atoms in total. The van der Waals surface area contributed by atoms with Crippen molar-refractivity contribution in [3.8, 4) is 0 Å². The maximum Gasteiger partial charge on any atom is 0.365 e. The van der Waals surface area contributed by atoms with Gasteiger partial charge in [-0.1, -0.05) is 37.8 Å². The van der Waals surface area contributed by atoms with Gasteiger partial charge in [0.05, 0.1) is 29.7 Å². The van der Waals surface area contributed by atoms with E-state index in [2.05, 4.69) is 10.3 Å². The maximum absolute atomic E-state index is 13.4. The number of hydrogen-bond donors (Lipinski definition) is 2. The van der Waals surface area contributed by atoms with Gasteiger partial charge >= 0.3 is 7.60 Å². The zero-order valence-electron chi connectivity index (χ0n) is 20.9. The summed E-state index contributed by atoms with van der Waals surface area (Å²) in [5, 5.41) is 15.2. The summed E-state index contributed by atoms with van der Waals surface area (Å²) in [5.41, 5.74) is 0.826. The first-order valence-corrected chi connectivity index (χ1v) is 16.6. The van der Waals surface area contributed by atoms with E-state index >= 15 is 0 Å². The lowest BCUT2D eigenvalue weighted by atomic mass is 9.89. The van der Waals surface area contributed by atoms with Crippen molar-refractivity contribution in [2.45, 2.75) is 69.0 Å². The van der Waals surface area contributed by atoms with Crippen LogP contribution in [0.5, 0.6) is 0 Å². The third-order valence-corrected chi connectivity index (χ3v) is 10.3. The second-order valence-corrected chi connectivity index (χ2v) is 13.9. The molecule has 0 saturated heterocycles. The summed E-state index contributed by atoms with van der Waals surface area (Å²) in [4.78, 5) is 17.8. The van der Waals surface area contributed by atoms with Gasteiger partial charge in [0, 0.05) is 11.6 Å². The minimum absolute atomic E-state index is 0.0977. The molecule has 1 heterocycles. The van der Waals surface area contributed by atoms with Crippen LogP contribution in [0.25, 0.3) is 0 Å². The summed E-state index contributed by atoms with van der Waals surface area (Å²) in [6, 6.07) is 6.42. The molecule has 0 bridgehead atoms. The number of hydrogen-bond acceptors (Lipinski definition) is 9. The third kappa shape index (κ3) is 7.46. The van der Waals surface area contributed by atoms with Gasteiger partial charge in [0.15, 0.2) is 20.8 Å². The predicted octanol–water partition coefficient (Wildman–Crippen LogP) is 5.50. The van der Waals surface area contributed by atoms with Gasteiger partial charge in [-0.05, 0) is 50.3 Å². The van der Waals surface area contributed by atoms with Crippen molar-refractivity contribution >= 4 is 39.8 Å². The molecule has 2 atom stereocenters. The topological polar surface area (TPSA) is 132 Å². The van der Waals surface area contributed by atoms with Gasteiger partial charge in [-0.2, -0.15) is 0 Å². The van der Waals surface area contributed by atoms with Crippen LogP contribution in [-0.4, -0.2) is 43.9 Å². The minimum atomic E-state index is -3.82. The molecular weight excluding hydrogens is 523 g/mol. The lowest BCUT2D eigenvalue weighted by molar-refractivity contribution is -0.117. The molecule has 0 spiro atoms. The molecule has 200 valence electrons. The number of aliphatic hydroxyl groups excluding tert-OH is 1. The van der Waals surface area contributed by atoms with Crippen LogP contribution < -0.4 is 5.32 Å². The highest BCUT2D eigenvalue weighted by Gasteiger charge is 2.37. The molecule has 0 aliphatic heterocycles. The summed E-state index contributed by atoms with van der Waals surface area (Å²) in [5.74, 6) is -1.74. The Balaban J connectivity index is 1.78. The molecule has 3 rings (SSSR count). The average molecular weight is 559 g/mol. The zero-order chi connectivity index (χ0) is 26.3. The number of carbonyl (C=O) groups excluding carboxylic acids is 1. The van der Waals surface area contributed by atoms with Crippen molar-refractivity contribution in [2.24, 2.45) is 5.92 Å². The average Bonchev–Trinajstić information content (AvgIpc) is 3.51. The van der Waals surface area contributed by atoms with Crippen molar-refractivity contribution in [1.82, 2.24) is 4.98 Å². The van der Waals surface area contributed by atoms with E-state index in [4.69, 9.17) is 9.05 Å². The Morgan fingerprint density at radius 2 is 1.81 bits per heavy atom. The number of anilines is 1. The number of sulfone groups is 1. The highest BCUT2D eigenvalue weighted by Crippen LogP contribution is 2.59. The van der Waals surface area contributed by atoms with Crippen LogP contribution in [0.2, 0.25) is 0 Å². The molecule has 2 aromatic rings. The highest BCUT2D eigenvalue weighted by atomic mass is 32.2. The molecule has 1 amide bonds. The fourth-order valence-electron chi connectivity index (χ4n) is 4.45. The third-order valence-electron chi connectivity index (χ3n) is 6.30. The van der Waals surface area contributed by atoms with E-state index in [-0.39, 0.29) is 34.8 Å². The fraction of sp³-hybridized carbons (Fsp3) is 0.583. The largest absolute Gasteiger partial charge is 0.375 e. The highest BCUT2D eigenvalue weighted by molar-refractivity contribution is 7.90. The number of carbonyl (C=O) groups is 1. The van der Waals surface area contributed by atoms with E-state index in [0.29, 0.717) is 12.3 Å². The van der Waals surface area contributed by atoms with Gasteiger partial charge in [-0.25, -0.2) is 13.4 Å². The Labute approximate surface area is 217 Å². The van der Waals surface area contributed by atoms with Crippen molar-refractivity contribution in [3.63, 3.8) is 0 Å². The van der Waals surface area contributed by atoms with Crippen LogP contribution in [0.1, 0.15) is 75.4 Å². The number of thiazole rings is 1. The normalized spacial score (nSPS) is 16.7. The SMILES string of the molecule is CCOP(=O)(OCC)C(O)c1csc(NC(=O)[C@H](CCC2CCCC2)c2ccc(S(C)(=O)=O)cc2)n1. The number of aliphatic hydroxyl groups is 1. The smallest absolute Gasteiger partial charge is 0.365 e. The first kappa shape index (κ1) is 28.9. The Hall–Kier alpha value is -1.62. The standard InChI is InChI=1S/C24H35N2O7PS2/c1-4-32-34(29,33-5-2)23(28)21-16-35-24(25-21)26-22(27)20(15-10-17-8-6-7-9-17)18-11-13-19(14-12-18)36(3,30)31/h11-14,16-17,20,23,28H,4-10,15H2,1-3H3,(H,25,26,27)/t20-,23?/m1/s1. The van der Waals surface area contributed by atoms with Crippen LogP contribution in [0.15, 0.2) is 34.5 Å². The number of rotatable bonds is 13. The summed E-state index contributed by atoms with van der Waals surface area (Å²) in [6.45, 7) is 3.50. The van der Waals surface area contributed by atoms with Crippen LogP contribution in [0, 0.1) is 5.92 Å². The Morgan fingerprint density at radius 3 is 2.36 bits per heavy atom. The van der Waals surface area contributed by atoms with E-state index < -0.39 is 29.2 Å². The van der Waals surface area contributed by atoms with Crippen LogP contribution in [-0.2, 0) is 28.2 Å². The first-order chi connectivity index (χ1) is 17.1. The lowest BCUT2D eigenvalue weighted by Crippen LogP contribution is -2.22. The van der Waals surface area contributed by atoms with Crippen molar-refractivity contribution in [2.75, 3.05) is 24.8 Å². The fourth-order valence-corrected chi connectivity index (χ4v) is 7.45. The van der Waals surface area contributed by atoms with Gasteiger partial charge < -0.3 is 19.5 Å². The summed E-state index contributed by atoms with van der Waals surface area (Å²) in [6.07, 6.45) is 7.42. The van der Waals surface area contributed by atoms with Gasteiger partial charge in [-0.15, -0.1) is 11.3 Å². The zero-order valence-corrected chi connectivity index (χ0v) is 23.4. The molecule has 1 aromatic carbocycles. The van der Waals surface area contributed by atoms with Crippen LogP contribution in [0.4, 0.5) is 5.13 Å². The van der Waals surface area contributed by atoms with Gasteiger partial charge in [-0.3, -0.25) is 9.36 Å². The molecule has 1 aliphatic rings.